The largest absolute Gasteiger partial charge is 0.423 e. The topological polar surface area (TPSA) is 26.3 Å². The highest BCUT2D eigenvalue weighted by molar-refractivity contribution is 5.92. The lowest BCUT2D eigenvalue weighted by atomic mass is 10.0. The molecular weight excluding hydrogens is 293 g/mol. The van der Waals surface area contributed by atoms with Crippen molar-refractivity contribution in [1.29, 1.82) is 0 Å². The second-order valence-corrected chi connectivity index (χ2v) is 5.16. The van der Waals surface area contributed by atoms with Crippen LogP contribution in [-0.2, 0) is 6.18 Å². The van der Waals surface area contributed by atoms with E-state index in [0.29, 0.717) is 5.92 Å². The Hall–Kier alpha value is -2.30. The minimum Gasteiger partial charge on any atom is -0.423 e. The molecule has 0 N–H and O–H groups in total. The number of hydrogen-bond donors (Lipinski definition) is 0. The third-order valence-electron chi connectivity index (χ3n) is 3.21. The van der Waals surface area contributed by atoms with Gasteiger partial charge in [-0.3, -0.25) is 0 Å². The monoisotopic (exact) mass is 308 g/mol. The van der Waals surface area contributed by atoms with Gasteiger partial charge in [0.05, 0.1) is 11.1 Å². The molecule has 0 aliphatic heterocycles. The molecule has 0 saturated heterocycles. The van der Waals surface area contributed by atoms with Gasteiger partial charge in [-0.2, -0.15) is 13.2 Å². The minimum absolute atomic E-state index is 0.214. The van der Waals surface area contributed by atoms with E-state index in [1.807, 2.05) is 13.8 Å². The molecule has 0 fully saturated rings. The second-order valence-electron chi connectivity index (χ2n) is 5.16. The van der Waals surface area contributed by atoms with Gasteiger partial charge in [0.1, 0.15) is 5.75 Å². The van der Waals surface area contributed by atoms with Crippen molar-refractivity contribution in [2.24, 2.45) is 0 Å². The van der Waals surface area contributed by atoms with Crippen LogP contribution in [0.15, 0.2) is 48.5 Å². The quantitative estimate of drug-likeness (QED) is 0.586. The summed E-state index contributed by atoms with van der Waals surface area (Å²) in [5.74, 6) is -0.493. The molecule has 2 aromatic carbocycles. The summed E-state index contributed by atoms with van der Waals surface area (Å²) in [6.45, 7) is 4.03. The second kappa shape index (κ2) is 6.22. The van der Waals surface area contributed by atoms with Crippen molar-refractivity contribution in [2.75, 3.05) is 0 Å². The van der Waals surface area contributed by atoms with Crippen LogP contribution in [-0.4, -0.2) is 5.97 Å². The number of carbonyl (C=O) groups excluding carboxylic acids is 1. The number of benzene rings is 2. The predicted octanol–water partition coefficient (Wildman–Crippen LogP) is 5.05. The van der Waals surface area contributed by atoms with Gasteiger partial charge in [-0.1, -0.05) is 38.1 Å². The van der Waals surface area contributed by atoms with Gasteiger partial charge in [-0.25, -0.2) is 4.79 Å². The molecular formula is C17H15F3O2. The van der Waals surface area contributed by atoms with E-state index in [-0.39, 0.29) is 5.75 Å². The van der Waals surface area contributed by atoms with Crippen molar-refractivity contribution in [3.05, 3.63) is 65.2 Å². The third-order valence-corrected chi connectivity index (χ3v) is 3.21. The Kier molecular flexibility index (Phi) is 4.54. The summed E-state index contributed by atoms with van der Waals surface area (Å²) in [4.78, 5) is 12.0. The third kappa shape index (κ3) is 3.67. The van der Waals surface area contributed by atoms with E-state index in [0.717, 1.165) is 17.7 Å². The van der Waals surface area contributed by atoms with E-state index < -0.39 is 23.3 Å². The highest BCUT2D eigenvalue weighted by Crippen LogP contribution is 2.32. The highest BCUT2D eigenvalue weighted by atomic mass is 19.4. The SMILES string of the molecule is CC(C)c1ccc(OC(=O)c2ccccc2C(F)(F)F)cc1. The Balaban J connectivity index is 2.23. The highest BCUT2D eigenvalue weighted by Gasteiger charge is 2.35. The summed E-state index contributed by atoms with van der Waals surface area (Å²) in [5, 5.41) is 0. The number of carbonyl (C=O) groups is 1. The van der Waals surface area contributed by atoms with Crippen LogP contribution in [0.2, 0.25) is 0 Å². The lowest BCUT2D eigenvalue weighted by Crippen LogP contribution is -2.16. The molecule has 22 heavy (non-hydrogen) atoms. The molecule has 0 bridgehead atoms. The summed E-state index contributed by atoms with van der Waals surface area (Å²) in [5.41, 5.74) is -0.447. The molecule has 0 spiro atoms. The number of esters is 1. The first-order chi connectivity index (χ1) is 10.3. The first kappa shape index (κ1) is 16.1. The van der Waals surface area contributed by atoms with Gasteiger partial charge in [0.25, 0.3) is 0 Å². The van der Waals surface area contributed by atoms with Crippen molar-refractivity contribution in [2.45, 2.75) is 25.9 Å². The van der Waals surface area contributed by atoms with Gasteiger partial charge in [0.15, 0.2) is 0 Å². The normalized spacial score (nSPS) is 11.5. The number of halogens is 3. The fraction of sp³-hybridized carbons (Fsp3) is 0.235. The smallest absolute Gasteiger partial charge is 0.417 e. The molecule has 2 aromatic rings. The first-order valence-corrected chi connectivity index (χ1v) is 6.77. The predicted molar refractivity (Wildman–Crippen MR) is 76.9 cm³/mol. The molecule has 0 atom stereocenters. The first-order valence-electron chi connectivity index (χ1n) is 6.77. The van der Waals surface area contributed by atoms with E-state index in [2.05, 4.69) is 0 Å². The van der Waals surface area contributed by atoms with E-state index >= 15 is 0 Å². The van der Waals surface area contributed by atoms with Crippen LogP contribution < -0.4 is 4.74 Å². The van der Waals surface area contributed by atoms with Crippen molar-refractivity contribution in [1.82, 2.24) is 0 Å². The maximum Gasteiger partial charge on any atom is 0.417 e. The van der Waals surface area contributed by atoms with Crippen molar-refractivity contribution in [3.63, 3.8) is 0 Å². The molecule has 0 radical (unpaired) electrons. The maximum atomic E-state index is 12.9. The lowest BCUT2D eigenvalue weighted by molar-refractivity contribution is -0.138. The lowest BCUT2D eigenvalue weighted by Gasteiger charge is -2.12. The van der Waals surface area contributed by atoms with E-state index in [1.165, 1.54) is 12.1 Å². The summed E-state index contributed by atoms with van der Waals surface area (Å²) in [6.07, 6.45) is -4.60. The molecule has 5 heteroatoms. The average Bonchev–Trinajstić information content (AvgIpc) is 2.47. The van der Waals surface area contributed by atoms with Crippen LogP contribution in [0.5, 0.6) is 5.75 Å². The van der Waals surface area contributed by atoms with Gasteiger partial charge >= 0.3 is 12.1 Å². The molecule has 2 nitrogen and oxygen atoms in total. The summed E-state index contributed by atoms with van der Waals surface area (Å²) in [7, 11) is 0. The Bertz CT molecular complexity index is 658. The van der Waals surface area contributed by atoms with Crippen molar-refractivity contribution in [3.8, 4) is 5.75 Å². The maximum absolute atomic E-state index is 12.9. The summed E-state index contributed by atoms with van der Waals surface area (Å²) in [6, 6.07) is 11.3. The van der Waals surface area contributed by atoms with Crippen LogP contribution in [0, 0.1) is 0 Å². The molecule has 0 aliphatic rings. The van der Waals surface area contributed by atoms with Crippen LogP contribution in [0.3, 0.4) is 0 Å². The van der Waals surface area contributed by atoms with Gasteiger partial charge in [-0.05, 0) is 35.7 Å². The van der Waals surface area contributed by atoms with E-state index in [1.54, 1.807) is 24.3 Å². The minimum atomic E-state index is -4.60. The number of hydrogen-bond acceptors (Lipinski definition) is 2. The zero-order valence-corrected chi connectivity index (χ0v) is 12.1. The standard InChI is InChI=1S/C17H15F3O2/c1-11(2)12-7-9-13(10-8-12)22-16(21)14-5-3-4-6-15(14)17(18,19)20/h3-11H,1-2H3. The Morgan fingerprint density at radius 1 is 1.00 bits per heavy atom. The van der Waals surface area contributed by atoms with Crippen LogP contribution in [0.4, 0.5) is 13.2 Å². The van der Waals surface area contributed by atoms with Gasteiger partial charge in [0, 0.05) is 0 Å². The van der Waals surface area contributed by atoms with Crippen LogP contribution in [0.25, 0.3) is 0 Å². The molecule has 0 unspecified atom stereocenters. The molecule has 0 saturated carbocycles. The Labute approximate surface area is 126 Å². The molecule has 116 valence electrons. The van der Waals surface area contributed by atoms with Gasteiger partial charge < -0.3 is 4.74 Å². The fourth-order valence-corrected chi connectivity index (χ4v) is 1.99. The van der Waals surface area contributed by atoms with Crippen LogP contribution >= 0.6 is 0 Å². The molecule has 0 aromatic heterocycles. The van der Waals surface area contributed by atoms with Gasteiger partial charge in [0.2, 0.25) is 0 Å². The van der Waals surface area contributed by atoms with E-state index in [4.69, 9.17) is 4.74 Å². The zero-order valence-electron chi connectivity index (χ0n) is 12.1. The Morgan fingerprint density at radius 3 is 2.14 bits per heavy atom. The van der Waals surface area contributed by atoms with Gasteiger partial charge in [-0.15, -0.1) is 0 Å². The van der Waals surface area contributed by atoms with Crippen molar-refractivity contribution >= 4 is 5.97 Å². The summed E-state index contributed by atoms with van der Waals surface area (Å²) >= 11 is 0. The van der Waals surface area contributed by atoms with E-state index in [9.17, 15) is 18.0 Å². The molecule has 0 aliphatic carbocycles. The average molecular weight is 308 g/mol. The Morgan fingerprint density at radius 2 is 1.59 bits per heavy atom. The fourth-order valence-electron chi connectivity index (χ4n) is 1.99. The molecule has 0 amide bonds. The molecule has 0 heterocycles. The van der Waals surface area contributed by atoms with Crippen LogP contribution in [0.1, 0.15) is 41.3 Å². The zero-order chi connectivity index (χ0) is 16.3. The number of alkyl halides is 3. The number of ether oxygens (including phenoxy) is 1. The van der Waals surface area contributed by atoms with Crippen molar-refractivity contribution < 1.29 is 22.7 Å². The summed E-state index contributed by atoms with van der Waals surface area (Å²) < 4.78 is 43.7. The number of rotatable bonds is 3. The molecule has 2 rings (SSSR count).